The molecule has 0 saturated heterocycles. The minimum Gasteiger partial charge on any atom is -0.355 e. The van der Waals surface area contributed by atoms with Gasteiger partial charge in [-0.05, 0) is 37.3 Å². The van der Waals surface area contributed by atoms with Gasteiger partial charge >= 0.3 is 0 Å². The monoisotopic (exact) mass is 412 g/mol. The maximum atomic E-state index is 14.5. The molecule has 31 heavy (non-hydrogen) atoms. The molecule has 0 spiro atoms. The fourth-order valence-electron chi connectivity index (χ4n) is 3.57. The molecule has 0 fully saturated rings. The number of imidazole rings is 1. The molecule has 0 aliphatic heterocycles. The van der Waals surface area contributed by atoms with Crippen LogP contribution in [0.5, 0.6) is 0 Å². The second kappa shape index (κ2) is 7.24. The SMILES string of the molecule is CNC(=O)c1ccc(-c2nn3c(-c4ccc5ncccc5c4)cnc3nc2C)cc1F. The van der Waals surface area contributed by atoms with Crippen molar-refractivity contribution >= 4 is 22.6 Å². The van der Waals surface area contributed by atoms with Crippen molar-refractivity contribution in [2.45, 2.75) is 6.92 Å². The zero-order valence-electron chi connectivity index (χ0n) is 16.8. The van der Waals surface area contributed by atoms with Crippen molar-refractivity contribution in [3.8, 4) is 22.5 Å². The normalized spacial score (nSPS) is 11.2. The van der Waals surface area contributed by atoms with Crippen molar-refractivity contribution < 1.29 is 9.18 Å². The summed E-state index contributed by atoms with van der Waals surface area (Å²) in [7, 11) is 1.46. The standard InChI is InChI=1S/C23H17FN6O/c1-13-21(16-5-7-17(18(24)11-16)22(31)25-2)29-30-20(12-27-23(30)28-13)15-6-8-19-14(10-15)4-3-9-26-19/h3-12H,1-2H3,(H,25,31). The van der Waals surface area contributed by atoms with Crippen molar-refractivity contribution in [3.05, 3.63) is 78.0 Å². The number of carbonyl (C=O) groups excluding carboxylic acids is 1. The number of rotatable bonds is 3. The second-order valence-corrected chi connectivity index (χ2v) is 7.09. The molecule has 0 radical (unpaired) electrons. The predicted molar refractivity (Wildman–Crippen MR) is 115 cm³/mol. The lowest BCUT2D eigenvalue weighted by Crippen LogP contribution is -2.19. The summed E-state index contributed by atoms with van der Waals surface area (Å²) < 4.78 is 16.2. The predicted octanol–water partition coefficient (Wildman–Crippen LogP) is 3.81. The number of aryl methyl sites for hydroxylation is 1. The summed E-state index contributed by atoms with van der Waals surface area (Å²) in [6.07, 6.45) is 3.47. The van der Waals surface area contributed by atoms with Crippen molar-refractivity contribution in [2.75, 3.05) is 7.05 Å². The van der Waals surface area contributed by atoms with Crippen LogP contribution < -0.4 is 5.32 Å². The first-order valence-electron chi connectivity index (χ1n) is 9.64. The van der Waals surface area contributed by atoms with Crippen LogP contribution in [0.3, 0.4) is 0 Å². The van der Waals surface area contributed by atoms with E-state index in [1.165, 1.54) is 19.2 Å². The lowest BCUT2D eigenvalue weighted by Gasteiger charge is -2.09. The Kier molecular flexibility index (Phi) is 4.39. The van der Waals surface area contributed by atoms with Crippen molar-refractivity contribution in [1.29, 1.82) is 0 Å². The average molecular weight is 412 g/mol. The molecular weight excluding hydrogens is 395 g/mol. The second-order valence-electron chi connectivity index (χ2n) is 7.09. The number of amides is 1. The summed E-state index contributed by atoms with van der Waals surface area (Å²) >= 11 is 0. The van der Waals surface area contributed by atoms with Gasteiger partial charge in [-0.3, -0.25) is 9.78 Å². The van der Waals surface area contributed by atoms with Crippen LogP contribution in [0.15, 0.2) is 60.9 Å². The molecule has 5 aromatic rings. The third kappa shape index (κ3) is 3.18. The zero-order chi connectivity index (χ0) is 21.5. The molecule has 7 nitrogen and oxygen atoms in total. The molecule has 2 aromatic carbocycles. The van der Waals surface area contributed by atoms with E-state index in [0.29, 0.717) is 22.7 Å². The van der Waals surface area contributed by atoms with Crippen LogP contribution in [0, 0.1) is 12.7 Å². The van der Waals surface area contributed by atoms with Gasteiger partial charge in [0.15, 0.2) is 0 Å². The Morgan fingerprint density at radius 1 is 1.06 bits per heavy atom. The maximum absolute atomic E-state index is 14.5. The van der Waals surface area contributed by atoms with Crippen LogP contribution >= 0.6 is 0 Å². The first kappa shape index (κ1) is 18.8. The minimum atomic E-state index is -0.619. The fraction of sp³-hybridized carbons (Fsp3) is 0.0870. The fourth-order valence-corrected chi connectivity index (χ4v) is 3.57. The lowest BCUT2D eigenvalue weighted by molar-refractivity contribution is 0.0959. The van der Waals surface area contributed by atoms with Gasteiger partial charge in [0.1, 0.15) is 11.5 Å². The number of nitrogens with one attached hydrogen (secondary N) is 1. The Morgan fingerprint density at radius 2 is 1.90 bits per heavy atom. The van der Waals surface area contributed by atoms with E-state index in [2.05, 4.69) is 20.3 Å². The molecule has 3 heterocycles. The highest BCUT2D eigenvalue weighted by molar-refractivity contribution is 5.94. The first-order valence-corrected chi connectivity index (χ1v) is 9.64. The van der Waals surface area contributed by atoms with Crippen LogP contribution in [0.1, 0.15) is 16.1 Å². The van der Waals surface area contributed by atoms with Gasteiger partial charge in [-0.25, -0.2) is 14.4 Å². The molecule has 5 rings (SSSR count). The molecule has 0 aliphatic rings. The molecule has 1 amide bonds. The van der Waals surface area contributed by atoms with Crippen molar-refractivity contribution in [3.63, 3.8) is 0 Å². The lowest BCUT2D eigenvalue weighted by atomic mass is 10.1. The van der Waals surface area contributed by atoms with E-state index >= 15 is 0 Å². The molecule has 1 N–H and O–H groups in total. The first-order chi connectivity index (χ1) is 15.0. The molecule has 0 bridgehead atoms. The topological polar surface area (TPSA) is 85.1 Å². The molecule has 8 heteroatoms. The van der Waals surface area contributed by atoms with Crippen molar-refractivity contribution in [1.82, 2.24) is 29.9 Å². The van der Waals surface area contributed by atoms with Gasteiger partial charge < -0.3 is 5.32 Å². The number of halogens is 1. The van der Waals surface area contributed by atoms with Gasteiger partial charge in [-0.15, -0.1) is 0 Å². The van der Waals surface area contributed by atoms with Crippen LogP contribution in [0.2, 0.25) is 0 Å². The number of pyridine rings is 1. The number of hydrogen-bond acceptors (Lipinski definition) is 5. The Balaban J connectivity index is 1.65. The van der Waals surface area contributed by atoms with Gasteiger partial charge in [0.25, 0.3) is 11.7 Å². The van der Waals surface area contributed by atoms with Gasteiger partial charge in [0.05, 0.1) is 28.7 Å². The Bertz CT molecular complexity index is 1480. The Morgan fingerprint density at radius 3 is 2.71 bits per heavy atom. The molecule has 0 saturated carbocycles. The summed E-state index contributed by atoms with van der Waals surface area (Å²) in [5, 5.41) is 8.14. The van der Waals surface area contributed by atoms with E-state index in [0.717, 1.165) is 22.2 Å². The summed E-state index contributed by atoms with van der Waals surface area (Å²) in [6.45, 7) is 1.79. The molecule has 0 unspecified atom stereocenters. The summed E-state index contributed by atoms with van der Waals surface area (Å²) in [4.78, 5) is 25.1. The van der Waals surface area contributed by atoms with E-state index in [1.807, 2.05) is 30.3 Å². The number of hydrogen-bond donors (Lipinski definition) is 1. The van der Waals surface area contributed by atoms with E-state index in [-0.39, 0.29) is 5.56 Å². The Labute approximate surface area is 176 Å². The van der Waals surface area contributed by atoms with E-state index in [9.17, 15) is 9.18 Å². The molecule has 152 valence electrons. The summed E-state index contributed by atoms with van der Waals surface area (Å²) in [5.74, 6) is -0.652. The molecule has 3 aromatic heterocycles. The average Bonchev–Trinajstić information content (AvgIpc) is 3.20. The van der Waals surface area contributed by atoms with Gasteiger partial charge in [-0.2, -0.15) is 9.61 Å². The number of benzene rings is 2. The van der Waals surface area contributed by atoms with Crippen LogP contribution in [0.25, 0.3) is 39.2 Å². The highest BCUT2D eigenvalue weighted by Gasteiger charge is 2.16. The maximum Gasteiger partial charge on any atom is 0.253 e. The number of fused-ring (bicyclic) bond motifs is 2. The molecule has 0 atom stereocenters. The molecular formula is C23H17FN6O. The van der Waals surface area contributed by atoms with Crippen molar-refractivity contribution in [2.24, 2.45) is 0 Å². The van der Waals surface area contributed by atoms with Gasteiger partial charge in [0.2, 0.25) is 0 Å². The van der Waals surface area contributed by atoms with E-state index in [4.69, 9.17) is 5.10 Å². The summed E-state index contributed by atoms with van der Waals surface area (Å²) in [5.41, 5.74) is 4.20. The number of aromatic nitrogens is 5. The minimum absolute atomic E-state index is 0.0222. The van der Waals surface area contributed by atoms with Crippen LogP contribution in [-0.2, 0) is 0 Å². The smallest absolute Gasteiger partial charge is 0.253 e. The zero-order valence-corrected chi connectivity index (χ0v) is 16.8. The van der Waals surface area contributed by atoms with Gasteiger partial charge in [0, 0.05) is 29.8 Å². The third-order valence-corrected chi connectivity index (χ3v) is 5.14. The van der Waals surface area contributed by atoms with Gasteiger partial charge in [-0.1, -0.05) is 18.2 Å². The number of nitrogens with zero attached hydrogens (tertiary/aromatic N) is 5. The number of carbonyl (C=O) groups is 1. The highest BCUT2D eigenvalue weighted by atomic mass is 19.1. The largest absolute Gasteiger partial charge is 0.355 e. The van der Waals surface area contributed by atoms with E-state index in [1.54, 1.807) is 29.9 Å². The summed E-state index contributed by atoms with van der Waals surface area (Å²) in [6, 6.07) is 14.2. The third-order valence-electron chi connectivity index (χ3n) is 5.14. The highest BCUT2D eigenvalue weighted by Crippen LogP contribution is 2.27. The Hall–Kier alpha value is -4.20. The van der Waals surface area contributed by atoms with Crippen LogP contribution in [0.4, 0.5) is 4.39 Å². The quantitative estimate of drug-likeness (QED) is 0.487. The van der Waals surface area contributed by atoms with Crippen LogP contribution in [-0.4, -0.2) is 37.5 Å². The van der Waals surface area contributed by atoms with E-state index < -0.39 is 11.7 Å². The molecule has 0 aliphatic carbocycles.